The highest BCUT2D eigenvalue weighted by molar-refractivity contribution is 6.31. The van der Waals surface area contributed by atoms with Gasteiger partial charge >= 0.3 is 0 Å². The van der Waals surface area contributed by atoms with Crippen LogP contribution in [0, 0.1) is 18.2 Å². The average Bonchev–Trinajstić information content (AvgIpc) is 2.41. The Kier molecular flexibility index (Phi) is 3.86. The number of hydrogen-bond donors (Lipinski definition) is 0. The molecule has 18 heavy (non-hydrogen) atoms. The summed E-state index contributed by atoms with van der Waals surface area (Å²) in [6.45, 7) is 0. The summed E-state index contributed by atoms with van der Waals surface area (Å²) in [5.41, 5.74) is 0.447. The molecule has 2 aromatic rings. The van der Waals surface area contributed by atoms with Gasteiger partial charge in [0.25, 0.3) is 0 Å². The van der Waals surface area contributed by atoms with Gasteiger partial charge in [-0.3, -0.25) is 0 Å². The Morgan fingerprint density at radius 2 is 1.83 bits per heavy atom. The summed E-state index contributed by atoms with van der Waals surface area (Å²) in [7, 11) is 0. The molecule has 0 heterocycles. The molecule has 0 radical (unpaired) electrons. The van der Waals surface area contributed by atoms with Crippen molar-refractivity contribution >= 4 is 11.6 Å². The lowest BCUT2D eigenvalue weighted by Gasteiger charge is -2.15. The first-order valence-electron chi connectivity index (χ1n) is 5.34. The van der Waals surface area contributed by atoms with Crippen molar-refractivity contribution in [3.63, 3.8) is 0 Å². The standard InChI is InChI=1S/C15H10ClFO/c1-2-14(18-11-7-4-3-5-8-11)12-9-6-10-13(17)15(12)16/h1,3-10,14H. The Labute approximate surface area is 110 Å². The number of ether oxygens (including phenoxy) is 1. The van der Waals surface area contributed by atoms with E-state index in [9.17, 15) is 4.39 Å². The summed E-state index contributed by atoms with van der Waals surface area (Å²) < 4.78 is 19.0. The zero-order valence-electron chi connectivity index (χ0n) is 9.44. The Balaban J connectivity index is 2.30. The van der Waals surface area contributed by atoms with E-state index in [1.807, 2.05) is 18.2 Å². The third-order valence-corrected chi connectivity index (χ3v) is 2.81. The highest BCUT2D eigenvalue weighted by Gasteiger charge is 2.16. The summed E-state index contributed by atoms with van der Waals surface area (Å²) in [5, 5.41) is -0.00335. The lowest BCUT2D eigenvalue weighted by Crippen LogP contribution is -2.06. The first-order chi connectivity index (χ1) is 8.72. The van der Waals surface area contributed by atoms with Crippen LogP contribution in [0.1, 0.15) is 11.7 Å². The molecule has 3 heteroatoms. The van der Waals surface area contributed by atoms with Crippen molar-refractivity contribution in [2.45, 2.75) is 6.10 Å². The molecule has 90 valence electrons. The van der Waals surface area contributed by atoms with Crippen LogP contribution in [0.15, 0.2) is 48.5 Å². The minimum absolute atomic E-state index is 0.00335. The molecule has 0 fully saturated rings. The minimum atomic E-state index is -0.712. The molecule has 0 aliphatic carbocycles. The molecule has 1 unspecified atom stereocenters. The molecule has 2 aromatic carbocycles. The van der Waals surface area contributed by atoms with Gasteiger partial charge in [0, 0.05) is 5.56 Å². The zero-order chi connectivity index (χ0) is 13.0. The number of halogens is 2. The third-order valence-electron chi connectivity index (χ3n) is 2.41. The SMILES string of the molecule is C#CC(Oc1ccccc1)c1cccc(F)c1Cl. The lowest BCUT2D eigenvalue weighted by molar-refractivity contribution is 0.264. The second-order valence-electron chi connectivity index (χ2n) is 3.62. The van der Waals surface area contributed by atoms with Crippen LogP contribution in [-0.2, 0) is 0 Å². The van der Waals surface area contributed by atoms with E-state index in [1.54, 1.807) is 24.3 Å². The van der Waals surface area contributed by atoms with Gasteiger partial charge in [0.2, 0.25) is 0 Å². The summed E-state index contributed by atoms with van der Waals surface area (Å²) in [6, 6.07) is 13.6. The first kappa shape index (κ1) is 12.5. The van der Waals surface area contributed by atoms with Crippen molar-refractivity contribution in [3.8, 4) is 18.1 Å². The van der Waals surface area contributed by atoms with E-state index in [2.05, 4.69) is 5.92 Å². The molecular formula is C15H10ClFO. The average molecular weight is 261 g/mol. The number of rotatable bonds is 3. The third kappa shape index (κ3) is 2.64. The number of para-hydroxylation sites is 1. The fourth-order valence-corrected chi connectivity index (χ4v) is 1.77. The van der Waals surface area contributed by atoms with Crippen LogP contribution in [0.2, 0.25) is 5.02 Å². The Morgan fingerprint density at radius 1 is 1.11 bits per heavy atom. The van der Waals surface area contributed by atoms with Crippen molar-refractivity contribution in [1.82, 2.24) is 0 Å². The van der Waals surface area contributed by atoms with Crippen LogP contribution in [0.3, 0.4) is 0 Å². The maximum absolute atomic E-state index is 13.4. The van der Waals surface area contributed by atoms with Gasteiger partial charge in [-0.05, 0) is 18.2 Å². The van der Waals surface area contributed by atoms with E-state index >= 15 is 0 Å². The molecule has 1 nitrogen and oxygen atoms in total. The predicted molar refractivity (Wildman–Crippen MR) is 70.1 cm³/mol. The van der Waals surface area contributed by atoms with Crippen molar-refractivity contribution in [2.75, 3.05) is 0 Å². The molecular weight excluding hydrogens is 251 g/mol. The topological polar surface area (TPSA) is 9.23 Å². The smallest absolute Gasteiger partial charge is 0.185 e. The largest absolute Gasteiger partial charge is 0.473 e. The van der Waals surface area contributed by atoms with Crippen LogP contribution in [0.4, 0.5) is 4.39 Å². The van der Waals surface area contributed by atoms with Gasteiger partial charge in [-0.15, -0.1) is 6.42 Å². The zero-order valence-corrected chi connectivity index (χ0v) is 10.2. The summed E-state index contributed by atoms with van der Waals surface area (Å²) in [6.07, 6.45) is 4.70. The molecule has 0 N–H and O–H groups in total. The van der Waals surface area contributed by atoms with Crippen molar-refractivity contribution in [3.05, 3.63) is 64.9 Å². The summed E-state index contributed by atoms with van der Waals surface area (Å²) >= 11 is 5.88. The number of benzene rings is 2. The van der Waals surface area contributed by atoms with Gasteiger partial charge in [-0.25, -0.2) is 4.39 Å². The minimum Gasteiger partial charge on any atom is -0.473 e. The van der Waals surface area contributed by atoms with Crippen LogP contribution in [0.5, 0.6) is 5.75 Å². The van der Waals surface area contributed by atoms with E-state index in [4.69, 9.17) is 22.8 Å². The quantitative estimate of drug-likeness (QED) is 0.751. The molecule has 0 aliphatic rings. The maximum Gasteiger partial charge on any atom is 0.185 e. The summed E-state index contributed by atoms with van der Waals surface area (Å²) in [4.78, 5) is 0. The van der Waals surface area contributed by atoms with Gasteiger partial charge < -0.3 is 4.74 Å². The molecule has 0 saturated carbocycles. The number of terminal acetylenes is 1. The Bertz CT molecular complexity index is 575. The highest BCUT2D eigenvalue weighted by Crippen LogP contribution is 2.28. The molecule has 1 atom stereocenters. The van der Waals surface area contributed by atoms with Crippen molar-refractivity contribution < 1.29 is 9.13 Å². The fraction of sp³-hybridized carbons (Fsp3) is 0.0667. The van der Waals surface area contributed by atoms with Gasteiger partial charge in [-0.1, -0.05) is 47.9 Å². The number of hydrogen-bond acceptors (Lipinski definition) is 1. The highest BCUT2D eigenvalue weighted by atomic mass is 35.5. The fourth-order valence-electron chi connectivity index (χ4n) is 1.55. The van der Waals surface area contributed by atoms with Gasteiger partial charge in [0.1, 0.15) is 11.6 Å². The molecule has 0 amide bonds. The van der Waals surface area contributed by atoms with Crippen molar-refractivity contribution in [2.24, 2.45) is 0 Å². The molecule has 0 bridgehead atoms. The van der Waals surface area contributed by atoms with E-state index in [0.717, 1.165) is 0 Å². The first-order valence-corrected chi connectivity index (χ1v) is 5.72. The Hall–Kier alpha value is -1.98. The molecule has 0 saturated heterocycles. The molecule has 0 spiro atoms. The lowest BCUT2D eigenvalue weighted by atomic mass is 10.1. The van der Waals surface area contributed by atoms with Gasteiger partial charge in [0.05, 0.1) is 5.02 Å². The van der Waals surface area contributed by atoms with E-state index in [1.165, 1.54) is 6.07 Å². The predicted octanol–water partition coefficient (Wildman–Crippen LogP) is 4.23. The normalized spacial score (nSPS) is 11.6. The second-order valence-corrected chi connectivity index (χ2v) is 4.00. The van der Waals surface area contributed by atoms with Crippen molar-refractivity contribution in [1.29, 1.82) is 0 Å². The molecule has 2 rings (SSSR count). The van der Waals surface area contributed by atoms with Crippen LogP contribution < -0.4 is 4.74 Å². The Morgan fingerprint density at radius 3 is 2.50 bits per heavy atom. The monoisotopic (exact) mass is 260 g/mol. The van der Waals surface area contributed by atoms with Gasteiger partial charge in [0.15, 0.2) is 6.10 Å². The second kappa shape index (κ2) is 5.57. The van der Waals surface area contributed by atoms with Crippen LogP contribution in [0.25, 0.3) is 0 Å². The molecule has 0 aromatic heterocycles. The molecule has 0 aliphatic heterocycles. The van der Waals surface area contributed by atoms with Crippen LogP contribution >= 0.6 is 11.6 Å². The van der Waals surface area contributed by atoms with Crippen LogP contribution in [-0.4, -0.2) is 0 Å². The van der Waals surface area contributed by atoms with E-state index in [-0.39, 0.29) is 5.02 Å². The van der Waals surface area contributed by atoms with Gasteiger partial charge in [-0.2, -0.15) is 0 Å². The van der Waals surface area contributed by atoms with E-state index < -0.39 is 11.9 Å². The van der Waals surface area contributed by atoms with E-state index in [0.29, 0.717) is 11.3 Å². The summed E-state index contributed by atoms with van der Waals surface area (Å²) in [5.74, 6) is 2.57. The maximum atomic E-state index is 13.4.